The number of amides is 1. The van der Waals surface area contributed by atoms with Gasteiger partial charge in [-0.25, -0.2) is 9.97 Å². The van der Waals surface area contributed by atoms with Gasteiger partial charge in [-0.15, -0.1) is 0 Å². The summed E-state index contributed by atoms with van der Waals surface area (Å²) in [5.74, 6) is -0.262. The van der Waals surface area contributed by atoms with Crippen molar-refractivity contribution < 1.29 is 4.79 Å². The predicted molar refractivity (Wildman–Crippen MR) is 61.3 cm³/mol. The van der Waals surface area contributed by atoms with Gasteiger partial charge in [-0.05, 0) is 12.8 Å². The number of hydrogen-bond donors (Lipinski definition) is 0. The Morgan fingerprint density at radius 3 is 3.00 bits per heavy atom. The van der Waals surface area contributed by atoms with Crippen LogP contribution in [0.2, 0.25) is 5.15 Å². The normalized spacial score (nSPS) is 19.8. The molecule has 1 aromatic heterocycles. The molecule has 2 rings (SSSR count). The van der Waals surface area contributed by atoms with Crippen molar-refractivity contribution in [3.05, 3.63) is 23.2 Å². The zero-order chi connectivity index (χ0) is 12.3. The van der Waals surface area contributed by atoms with Crippen molar-refractivity contribution in [2.24, 2.45) is 5.92 Å². The third kappa shape index (κ3) is 2.71. The fourth-order valence-corrected chi connectivity index (χ4v) is 1.95. The second-order valence-electron chi connectivity index (χ2n) is 3.94. The summed E-state index contributed by atoms with van der Waals surface area (Å²) < 4.78 is 0. The van der Waals surface area contributed by atoms with E-state index in [0.717, 1.165) is 12.8 Å². The van der Waals surface area contributed by atoms with Gasteiger partial charge < -0.3 is 4.90 Å². The molecule has 0 radical (unpaired) electrons. The molecule has 0 saturated carbocycles. The van der Waals surface area contributed by atoms with E-state index in [9.17, 15) is 4.79 Å². The van der Waals surface area contributed by atoms with Crippen molar-refractivity contribution in [1.82, 2.24) is 14.9 Å². The van der Waals surface area contributed by atoms with E-state index >= 15 is 0 Å². The highest BCUT2D eigenvalue weighted by atomic mass is 35.5. The monoisotopic (exact) mass is 250 g/mol. The van der Waals surface area contributed by atoms with E-state index in [1.54, 1.807) is 4.90 Å². The fraction of sp³-hybridized carbons (Fsp3) is 0.455. The molecule has 0 spiro atoms. The summed E-state index contributed by atoms with van der Waals surface area (Å²) in [7, 11) is 0. The molecule has 1 aliphatic heterocycles. The average Bonchev–Trinajstić information content (AvgIpc) is 2.39. The molecular formula is C11H11ClN4O. The van der Waals surface area contributed by atoms with Crippen LogP contribution in [0.25, 0.3) is 0 Å². The minimum absolute atomic E-state index is 0.0760. The van der Waals surface area contributed by atoms with E-state index < -0.39 is 0 Å². The van der Waals surface area contributed by atoms with Crippen LogP contribution in [-0.2, 0) is 0 Å². The highest BCUT2D eigenvalue weighted by Gasteiger charge is 2.25. The van der Waals surface area contributed by atoms with Crippen molar-refractivity contribution in [3.63, 3.8) is 0 Å². The molecule has 1 aromatic rings. The third-order valence-corrected chi connectivity index (χ3v) is 2.93. The zero-order valence-electron chi connectivity index (χ0n) is 9.14. The van der Waals surface area contributed by atoms with Crippen LogP contribution in [-0.4, -0.2) is 33.9 Å². The lowest BCUT2D eigenvalue weighted by molar-refractivity contribution is 0.0692. The topological polar surface area (TPSA) is 69.9 Å². The highest BCUT2D eigenvalue weighted by Crippen LogP contribution is 2.17. The van der Waals surface area contributed by atoms with Gasteiger partial charge in [0.15, 0.2) is 0 Å². The van der Waals surface area contributed by atoms with E-state index in [1.165, 1.54) is 12.4 Å². The van der Waals surface area contributed by atoms with Crippen molar-refractivity contribution in [2.75, 3.05) is 13.1 Å². The molecule has 1 atom stereocenters. The number of nitriles is 1. The maximum absolute atomic E-state index is 12.0. The lowest BCUT2D eigenvalue weighted by Gasteiger charge is -2.29. The number of rotatable bonds is 1. The van der Waals surface area contributed by atoms with Crippen LogP contribution in [0.5, 0.6) is 0 Å². The van der Waals surface area contributed by atoms with E-state index in [4.69, 9.17) is 16.9 Å². The summed E-state index contributed by atoms with van der Waals surface area (Å²) in [6, 6.07) is 2.20. The van der Waals surface area contributed by atoms with Crippen LogP contribution in [0.3, 0.4) is 0 Å². The van der Waals surface area contributed by atoms with Gasteiger partial charge in [0.25, 0.3) is 5.91 Å². The summed E-state index contributed by atoms with van der Waals surface area (Å²) in [5, 5.41) is 9.12. The first-order valence-corrected chi connectivity index (χ1v) is 5.75. The number of halogens is 1. The SMILES string of the molecule is N#CC1CCCN(C(=O)c2cnc(Cl)cn2)C1. The zero-order valence-corrected chi connectivity index (χ0v) is 9.89. The molecule has 6 heteroatoms. The van der Waals surface area contributed by atoms with Crippen LogP contribution in [0.15, 0.2) is 12.4 Å². The Labute approximate surface area is 104 Å². The number of likely N-dealkylation sites (tertiary alicyclic amines) is 1. The minimum Gasteiger partial charge on any atom is -0.336 e. The Balaban J connectivity index is 2.09. The van der Waals surface area contributed by atoms with Gasteiger partial charge in [0.2, 0.25) is 0 Å². The molecule has 1 amide bonds. The lowest BCUT2D eigenvalue weighted by Crippen LogP contribution is -2.39. The minimum atomic E-state index is -0.186. The van der Waals surface area contributed by atoms with Crippen LogP contribution < -0.4 is 0 Å². The summed E-state index contributed by atoms with van der Waals surface area (Å²) >= 11 is 5.61. The molecule has 1 aliphatic rings. The van der Waals surface area contributed by atoms with E-state index in [-0.39, 0.29) is 22.7 Å². The lowest BCUT2D eigenvalue weighted by atomic mass is 9.99. The first-order chi connectivity index (χ1) is 8.20. The fourth-order valence-electron chi connectivity index (χ4n) is 1.85. The molecular weight excluding hydrogens is 240 g/mol. The smallest absolute Gasteiger partial charge is 0.274 e. The van der Waals surface area contributed by atoms with E-state index in [0.29, 0.717) is 13.1 Å². The number of hydrogen-bond acceptors (Lipinski definition) is 4. The maximum Gasteiger partial charge on any atom is 0.274 e. The van der Waals surface area contributed by atoms with Gasteiger partial charge in [-0.1, -0.05) is 11.6 Å². The van der Waals surface area contributed by atoms with Gasteiger partial charge in [0, 0.05) is 13.1 Å². The van der Waals surface area contributed by atoms with Crippen LogP contribution >= 0.6 is 11.6 Å². The number of carbonyl (C=O) groups excluding carboxylic acids is 1. The van der Waals surface area contributed by atoms with E-state index in [1.807, 2.05) is 0 Å². The molecule has 1 fully saturated rings. The first-order valence-electron chi connectivity index (χ1n) is 5.37. The second kappa shape index (κ2) is 5.11. The number of aromatic nitrogens is 2. The molecule has 0 N–H and O–H groups in total. The largest absolute Gasteiger partial charge is 0.336 e. The van der Waals surface area contributed by atoms with Gasteiger partial charge in [0.05, 0.1) is 24.4 Å². The molecule has 0 bridgehead atoms. The van der Waals surface area contributed by atoms with E-state index in [2.05, 4.69) is 16.0 Å². The standard InChI is InChI=1S/C11H11ClN4O/c12-10-6-14-9(5-15-10)11(17)16-3-1-2-8(4-13)7-16/h5-6,8H,1-3,7H2. The number of nitrogens with zero attached hydrogens (tertiary/aromatic N) is 4. The van der Waals surface area contributed by atoms with Crippen molar-refractivity contribution in [3.8, 4) is 6.07 Å². The van der Waals surface area contributed by atoms with Crippen molar-refractivity contribution in [2.45, 2.75) is 12.8 Å². The molecule has 1 saturated heterocycles. The number of piperidine rings is 1. The first kappa shape index (κ1) is 11.8. The molecule has 2 heterocycles. The molecule has 1 unspecified atom stereocenters. The molecule has 5 nitrogen and oxygen atoms in total. The molecule has 0 aromatic carbocycles. The summed E-state index contributed by atoms with van der Waals surface area (Å²) in [6.07, 6.45) is 4.42. The van der Waals surface area contributed by atoms with Crippen LogP contribution in [0, 0.1) is 17.2 Å². The highest BCUT2D eigenvalue weighted by molar-refractivity contribution is 6.29. The summed E-state index contributed by atoms with van der Waals surface area (Å²) in [6.45, 7) is 1.14. The molecule has 0 aliphatic carbocycles. The summed E-state index contributed by atoms with van der Waals surface area (Å²) in [4.78, 5) is 21.5. The quantitative estimate of drug-likeness (QED) is 0.757. The molecule has 17 heavy (non-hydrogen) atoms. The Kier molecular flexibility index (Phi) is 3.55. The Morgan fingerprint density at radius 1 is 1.53 bits per heavy atom. The van der Waals surface area contributed by atoms with Gasteiger partial charge in [0.1, 0.15) is 10.8 Å². The van der Waals surface area contributed by atoms with Crippen molar-refractivity contribution in [1.29, 1.82) is 5.26 Å². The van der Waals surface area contributed by atoms with Crippen LogP contribution in [0.1, 0.15) is 23.3 Å². The Hall–Kier alpha value is -1.67. The molecule has 88 valence electrons. The Morgan fingerprint density at radius 2 is 2.35 bits per heavy atom. The summed E-state index contributed by atoms with van der Waals surface area (Å²) in [5.41, 5.74) is 0.271. The van der Waals surface area contributed by atoms with Crippen LogP contribution in [0.4, 0.5) is 0 Å². The third-order valence-electron chi connectivity index (χ3n) is 2.73. The Bertz CT molecular complexity index is 454. The maximum atomic E-state index is 12.0. The van der Waals surface area contributed by atoms with Gasteiger partial charge in [-0.2, -0.15) is 5.26 Å². The number of carbonyl (C=O) groups is 1. The predicted octanol–water partition coefficient (Wildman–Crippen LogP) is 1.51. The van der Waals surface area contributed by atoms with Gasteiger partial charge >= 0.3 is 0 Å². The van der Waals surface area contributed by atoms with Gasteiger partial charge in [-0.3, -0.25) is 4.79 Å². The average molecular weight is 251 g/mol. The second-order valence-corrected chi connectivity index (χ2v) is 4.33. The van der Waals surface area contributed by atoms with Crippen molar-refractivity contribution >= 4 is 17.5 Å².